The van der Waals surface area contributed by atoms with Gasteiger partial charge in [-0.3, -0.25) is 0 Å². The lowest BCUT2D eigenvalue weighted by atomic mass is 9.92. The van der Waals surface area contributed by atoms with Gasteiger partial charge in [-0.1, -0.05) is 32.9 Å². The molecule has 0 unspecified atom stereocenters. The predicted octanol–water partition coefficient (Wildman–Crippen LogP) is 3.46. The van der Waals surface area contributed by atoms with Gasteiger partial charge >= 0.3 is 0 Å². The zero-order valence-electron chi connectivity index (χ0n) is 11.3. The quantitative estimate of drug-likeness (QED) is 0.791. The van der Waals surface area contributed by atoms with Crippen LogP contribution in [0.3, 0.4) is 0 Å². The SMILES string of the molecule is CC(C)(C)CCNc1cccc(CCCO)c1. The number of nitrogens with one attached hydrogen (secondary N) is 1. The van der Waals surface area contributed by atoms with Crippen molar-refractivity contribution < 1.29 is 5.11 Å². The third-order valence-corrected chi connectivity index (χ3v) is 2.75. The number of benzene rings is 1. The van der Waals surface area contributed by atoms with Crippen LogP contribution < -0.4 is 5.32 Å². The Morgan fingerprint density at radius 3 is 2.65 bits per heavy atom. The predicted molar refractivity (Wildman–Crippen MR) is 74.4 cm³/mol. The second kappa shape index (κ2) is 6.65. The lowest BCUT2D eigenvalue weighted by Crippen LogP contribution is -2.12. The van der Waals surface area contributed by atoms with Gasteiger partial charge in [0.15, 0.2) is 0 Å². The van der Waals surface area contributed by atoms with Crippen LogP contribution in [0.2, 0.25) is 0 Å². The maximum Gasteiger partial charge on any atom is 0.0434 e. The van der Waals surface area contributed by atoms with E-state index in [2.05, 4.69) is 50.4 Å². The molecule has 0 atom stereocenters. The van der Waals surface area contributed by atoms with E-state index >= 15 is 0 Å². The third-order valence-electron chi connectivity index (χ3n) is 2.75. The number of anilines is 1. The summed E-state index contributed by atoms with van der Waals surface area (Å²) in [6.07, 6.45) is 2.95. The zero-order valence-corrected chi connectivity index (χ0v) is 11.3. The standard InChI is InChI=1S/C15H25NO/c1-15(2,3)9-10-16-14-8-4-6-13(12-14)7-5-11-17/h4,6,8,12,16-17H,5,7,9-11H2,1-3H3. The van der Waals surface area contributed by atoms with Gasteiger partial charge in [0, 0.05) is 18.8 Å². The van der Waals surface area contributed by atoms with Gasteiger partial charge in [0.25, 0.3) is 0 Å². The van der Waals surface area contributed by atoms with Crippen molar-refractivity contribution in [3.05, 3.63) is 29.8 Å². The molecule has 0 aromatic heterocycles. The molecule has 0 heterocycles. The van der Waals surface area contributed by atoms with E-state index < -0.39 is 0 Å². The molecular weight excluding hydrogens is 210 g/mol. The second-order valence-corrected chi connectivity index (χ2v) is 5.76. The van der Waals surface area contributed by atoms with Crippen LogP contribution in [-0.2, 0) is 6.42 Å². The molecule has 2 heteroatoms. The van der Waals surface area contributed by atoms with Crippen LogP contribution in [-0.4, -0.2) is 18.3 Å². The number of hydrogen-bond acceptors (Lipinski definition) is 2. The first-order valence-electron chi connectivity index (χ1n) is 6.45. The minimum atomic E-state index is 0.266. The minimum Gasteiger partial charge on any atom is -0.396 e. The van der Waals surface area contributed by atoms with Crippen molar-refractivity contribution in [3.63, 3.8) is 0 Å². The Kier molecular flexibility index (Phi) is 5.49. The molecule has 0 fully saturated rings. The van der Waals surface area contributed by atoms with Crippen molar-refractivity contribution in [1.82, 2.24) is 0 Å². The summed E-state index contributed by atoms with van der Waals surface area (Å²) in [5.41, 5.74) is 2.85. The summed E-state index contributed by atoms with van der Waals surface area (Å²) in [5.74, 6) is 0. The van der Waals surface area contributed by atoms with Crippen LogP contribution in [0.25, 0.3) is 0 Å². The molecule has 17 heavy (non-hydrogen) atoms. The number of aliphatic hydroxyl groups excluding tert-OH is 1. The number of aliphatic hydroxyl groups is 1. The topological polar surface area (TPSA) is 32.3 Å². The van der Waals surface area contributed by atoms with Gasteiger partial charge in [-0.2, -0.15) is 0 Å². The zero-order chi connectivity index (χ0) is 12.7. The fourth-order valence-corrected chi connectivity index (χ4v) is 1.70. The molecule has 1 aromatic rings. The van der Waals surface area contributed by atoms with E-state index in [1.165, 1.54) is 11.3 Å². The maximum absolute atomic E-state index is 8.81. The smallest absolute Gasteiger partial charge is 0.0434 e. The molecule has 96 valence electrons. The number of aryl methyl sites for hydroxylation is 1. The van der Waals surface area contributed by atoms with E-state index in [4.69, 9.17) is 5.11 Å². The third kappa shape index (κ3) is 6.32. The van der Waals surface area contributed by atoms with Crippen LogP contribution in [0.4, 0.5) is 5.69 Å². The van der Waals surface area contributed by atoms with Gasteiger partial charge in [-0.25, -0.2) is 0 Å². The molecule has 2 nitrogen and oxygen atoms in total. The highest BCUT2D eigenvalue weighted by Crippen LogP contribution is 2.19. The molecule has 0 aliphatic rings. The van der Waals surface area contributed by atoms with E-state index in [9.17, 15) is 0 Å². The maximum atomic E-state index is 8.81. The Morgan fingerprint density at radius 2 is 2.00 bits per heavy atom. The van der Waals surface area contributed by atoms with Crippen molar-refractivity contribution in [2.45, 2.75) is 40.0 Å². The lowest BCUT2D eigenvalue weighted by Gasteiger charge is -2.18. The second-order valence-electron chi connectivity index (χ2n) is 5.76. The van der Waals surface area contributed by atoms with Crippen LogP contribution in [0.15, 0.2) is 24.3 Å². The molecule has 0 bridgehead atoms. The molecule has 0 spiro atoms. The van der Waals surface area contributed by atoms with Crippen LogP contribution >= 0.6 is 0 Å². The molecule has 2 N–H and O–H groups in total. The molecule has 0 amide bonds. The number of rotatable bonds is 6. The Bertz CT molecular complexity index is 328. The monoisotopic (exact) mass is 235 g/mol. The molecule has 1 rings (SSSR count). The first-order chi connectivity index (χ1) is 8.01. The largest absolute Gasteiger partial charge is 0.396 e. The van der Waals surface area contributed by atoms with Gasteiger partial charge in [0.1, 0.15) is 0 Å². The summed E-state index contributed by atoms with van der Waals surface area (Å²) in [5, 5.41) is 12.3. The van der Waals surface area contributed by atoms with Crippen LogP contribution in [0.1, 0.15) is 39.2 Å². The van der Waals surface area contributed by atoms with E-state index in [0.29, 0.717) is 5.41 Å². The van der Waals surface area contributed by atoms with E-state index in [-0.39, 0.29) is 6.61 Å². The Labute approximate surface area is 105 Å². The molecule has 0 aliphatic heterocycles. The minimum absolute atomic E-state index is 0.266. The fourth-order valence-electron chi connectivity index (χ4n) is 1.70. The molecule has 0 saturated heterocycles. The van der Waals surface area contributed by atoms with Crippen LogP contribution in [0.5, 0.6) is 0 Å². The molecule has 0 saturated carbocycles. The lowest BCUT2D eigenvalue weighted by molar-refractivity contribution is 0.288. The van der Waals surface area contributed by atoms with E-state index in [0.717, 1.165) is 25.8 Å². The van der Waals surface area contributed by atoms with Gasteiger partial charge < -0.3 is 10.4 Å². The van der Waals surface area contributed by atoms with Crippen molar-refractivity contribution in [3.8, 4) is 0 Å². The highest BCUT2D eigenvalue weighted by atomic mass is 16.2. The Hall–Kier alpha value is -1.02. The average molecular weight is 235 g/mol. The van der Waals surface area contributed by atoms with Gasteiger partial charge in [-0.05, 0) is 42.4 Å². The van der Waals surface area contributed by atoms with Crippen molar-refractivity contribution in [1.29, 1.82) is 0 Å². The van der Waals surface area contributed by atoms with Gasteiger partial charge in [0.2, 0.25) is 0 Å². The Morgan fingerprint density at radius 1 is 1.24 bits per heavy atom. The molecule has 0 radical (unpaired) electrons. The fraction of sp³-hybridized carbons (Fsp3) is 0.600. The summed E-state index contributed by atoms with van der Waals surface area (Å²) >= 11 is 0. The first kappa shape index (κ1) is 14.0. The van der Waals surface area contributed by atoms with Crippen LogP contribution in [0, 0.1) is 5.41 Å². The molecule has 1 aromatic carbocycles. The summed E-state index contributed by atoms with van der Waals surface area (Å²) in [6.45, 7) is 8.04. The Balaban J connectivity index is 2.43. The normalized spacial score (nSPS) is 11.5. The summed E-state index contributed by atoms with van der Waals surface area (Å²) in [7, 11) is 0. The highest BCUT2D eigenvalue weighted by Gasteiger charge is 2.08. The first-order valence-corrected chi connectivity index (χ1v) is 6.45. The highest BCUT2D eigenvalue weighted by molar-refractivity contribution is 5.45. The van der Waals surface area contributed by atoms with Gasteiger partial charge in [-0.15, -0.1) is 0 Å². The summed E-state index contributed by atoms with van der Waals surface area (Å²) in [6, 6.07) is 8.47. The molecule has 0 aliphatic carbocycles. The average Bonchev–Trinajstić information content (AvgIpc) is 2.25. The van der Waals surface area contributed by atoms with E-state index in [1.54, 1.807) is 0 Å². The molecular formula is C15H25NO. The number of hydrogen-bond donors (Lipinski definition) is 2. The van der Waals surface area contributed by atoms with E-state index in [1.807, 2.05) is 0 Å². The van der Waals surface area contributed by atoms with Crippen molar-refractivity contribution >= 4 is 5.69 Å². The summed E-state index contributed by atoms with van der Waals surface area (Å²) < 4.78 is 0. The van der Waals surface area contributed by atoms with Crippen molar-refractivity contribution in [2.75, 3.05) is 18.5 Å². The summed E-state index contributed by atoms with van der Waals surface area (Å²) in [4.78, 5) is 0. The van der Waals surface area contributed by atoms with Crippen molar-refractivity contribution in [2.24, 2.45) is 5.41 Å². The van der Waals surface area contributed by atoms with Gasteiger partial charge in [0.05, 0.1) is 0 Å².